The third-order valence-electron chi connectivity index (χ3n) is 9.65. The summed E-state index contributed by atoms with van der Waals surface area (Å²) in [7, 11) is 0. The van der Waals surface area contributed by atoms with Gasteiger partial charge in [0.25, 0.3) is 5.71 Å². The number of anilines is 1. The van der Waals surface area contributed by atoms with Gasteiger partial charge in [0.05, 0.1) is 11.2 Å². The molecule has 0 saturated heterocycles. The lowest BCUT2D eigenvalue weighted by Crippen LogP contribution is -2.78. The van der Waals surface area contributed by atoms with Gasteiger partial charge in [-0.25, -0.2) is 0 Å². The highest BCUT2D eigenvalue weighted by Gasteiger charge is 2.19. The first-order chi connectivity index (χ1) is 25.2. The van der Waals surface area contributed by atoms with Crippen LogP contribution in [0.1, 0.15) is 5.56 Å². The van der Waals surface area contributed by atoms with Crippen LogP contribution >= 0.6 is 0 Å². The zero-order chi connectivity index (χ0) is 34.1. The largest absolute Gasteiger partial charge is 0.294 e. The highest BCUT2D eigenvalue weighted by molar-refractivity contribution is 6.49. The van der Waals surface area contributed by atoms with Crippen LogP contribution in [0, 0.1) is 5.41 Å². The maximum Gasteiger partial charge on any atom is 0.252 e. The number of hydrazone groups is 1. The van der Waals surface area contributed by atoms with E-state index in [0.29, 0.717) is 11.4 Å². The van der Waals surface area contributed by atoms with Gasteiger partial charge in [-0.3, -0.25) is 10.4 Å². The van der Waals surface area contributed by atoms with Gasteiger partial charge in [-0.05, 0) is 96.9 Å². The van der Waals surface area contributed by atoms with Gasteiger partial charge in [-0.1, -0.05) is 133 Å². The maximum atomic E-state index is 8.65. The molecule has 1 aliphatic carbocycles. The molecule has 3 N–H and O–H groups in total. The van der Waals surface area contributed by atoms with Crippen LogP contribution in [-0.2, 0) is 0 Å². The first kappa shape index (κ1) is 30.2. The molecule has 0 radical (unpaired) electrons. The Kier molecular flexibility index (Phi) is 7.60. The molecule has 0 fully saturated rings. The fraction of sp³-hybridized carbons (Fsp3) is 0. The van der Waals surface area contributed by atoms with Crippen LogP contribution in [-0.4, -0.2) is 16.4 Å². The van der Waals surface area contributed by atoms with Gasteiger partial charge >= 0.3 is 0 Å². The molecule has 4 heteroatoms. The van der Waals surface area contributed by atoms with E-state index in [0.717, 1.165) is 44.4 Å². The molecule has 240 valence electrons. The maximum absolute atomic E-state index is 8.65. The molecule has 0 unspecified atom stereocenters. The lowest BCUT2D eigenvalue weighted by atomic mass is 9.85. The second kappa shape index (κ2) is 12.8. The SMILES string of the molecule is N=C1C=CC(c2cccc(-c3c4ccccc4c(-c4ccccc4)c4ccccc34)c2)=CC1=[NH+]Nc1ccc(-c2cnc3ccccc3c2)cc1. The van der Waals surface area contributed by atoms with Gasteiger partial charge in [0.15, 0.2) is 0 Å². The second-order valence-corrected chi connectivity index (χ2v) is 12.8. The van der Waals surface area contributed by atoms with Crippen LogP contribution in [0.3, 0.4) is 0 Å². The summed E-state index contributed by atoms with van der Waals surface area (Å²) < 4.78 is 0. The minimum absolute atomic E-state index is 0.412. The molecule has 0 saturated carbocycles. The molecule has 0 spiro atoms. The van der Waals surface area contributed by atoms with Crippen LogP contribution in [0.4, 0.5) is 5.69 Å². The van der Waals surface area contributed by atoms with Crippen molar-refractivity contribution >= 4 is 55.1 Å². The number of fused-ring (bicyclic) bond motifs is 3. The third-order valence-corrected chi connectivity index (χ3v) is 9.65. The van der Waals surface area contributed by atoms with Crippen molar-refractivity contribution in [1.82, 2.24) is 4.98 Å². The Balaban J connectivity index is 1.05. The van der Waals surface area contributed by atoms with Crippen molar-refractivity contribution in [3.8, 4) is 33.4 Å². The van der Waals surface area contributed by atoms with Crippen molar-refractivity contribution in [2.75, 3.05) is 5.43 Å². The van der Waals surface area contributed by atoms with Crippen LogP contribution in [0.5, 0.6) is 0 Å². The normalized spacial score (nSPS) is 13.6. The Labute approximate surface area is 296 Å². The van der Waals surface area contributed by atoms with Crippen molar-refractivity contribution in [2.45, 2.75) is 0 Å². The van der Waals surface area contributed by atoms with Gasteiger partial charge in [0.2, 0.25) is 0 Å². The highest BCUT2D eigenvalue weighted by atomic mass is 15.3. The molecule has 0 aliphatic heterocycles. The lowest BCUT2D eigenvalue weighted by Gasteiger charge is -2.18. The van der Waals surface area contributed by atoms with E-state index in [4.69, 9.17) is 5.41 Å². The molecular formula is C47H33N4+. The fourth-order valence-corrected chi connectivity index (χ4v) is 7.15. The summed E-state index contributed by atoms with van der Waals surface area (Å²) in [5.41, 5.74) is 15.4. The quantitative estimate of drug-likeness (QED) is 0.0950. The van der Waals surface area contributed by atoms with Crippen molar-refractivity contribution in [1.29, 1.82) is 5.41 Å². The van der Waals surface area contributed by atoms with Crippen molar-refractivity contribution in [3.63, 3.8) is 0 Å². The van der Waals surface area contributed by atoms with E-state index < -0.39 is 0 Å². The number of rotatable bonds is 6. The summed E-state index contributed by atoms with van der Waals surface area (Å²) in [4.78, 5) is 4.61. The Morgan fingerprint density at radius 1 is 0.490 bits per heavy atom. The van der Waals surface area contributed by atoms with Crippen LogP contribution in [0.2, 0.25) is 0 Å². The molecule has 1 aromatic heterocycles. The molecular weight excluding hydrogens is 621 g/mol. The summed E-state index contributed by atoms with van der Waals surface area (Å²) in [6.07, 6.45) is 7.83. The second-order valence-electron chi connectivity index (χ2n) is 12.8. The average molecular weight is 654 g/mol. The average Bonchev–Trinajstić information content (AvgIpc) is 3.20. The molecule has 0 amide bonds. The van der Waals surface area contributed by atoms with Crippen molar-refractivity contribution in [3.05, 3.63) is 188 Å². The minimum atomic E-state index is 0.412. The van der Waals surface area contributed by atoms with Gasteiger partial charge < -0.3 is 0 Å². The topological polar surface area (TPSA) is 62.7 Å². The number of hydrogen-bond acceptors (Lipinski definition) is 3. The number of allylic oxidation sites excluding steroid dienone is 4. The molecule has 7 aromatic carbocycles. The lowest BCUT2D eigenvalue weighted by molar-refractivity contribution is -0.416. The van der Waals surface area contributed by atoms with E-state index in [2.05, 4.69) is 143 Å². The Bertz CT molecular complexity index is 2660. The van der Waals surface area contributed by atoms with Crippen molar-refractivity contribution in [2.24, 2.45) is 0 Å². The van der Waals surface area contributed by atoms with Crippen LogP contribution < -0.4 is 10.5 Å². The first-order valence-electron chi connectivity index (χ1n) is 17.1. The molecule has 1 heterocycles. The van der Waals surface area contributed by atoms with E-state index in [-0.39, 0.29) is 0 Å². The number of pyridine rings is 1. The number of nitrogens with zero attached hydrogens (tertiary/aromatic N) is 1. The number of hydrogen-bond donors (Lipinski definition) is 3. The van der Waals surface area contributed by atoms with Gasteiger partial charge in [-0.2, -0.15) is 5.43 Å². The molecule has 1 aliphatic rings. The predicted molar refractivity (Wildman–Crippen MR) is 214 cm³/mol. The molecule has 0 atom stereocenters. The molecule has 4 nitrogen and oxygen atoms in total. The highest BCUT2D eigenvalue weighted by Crippen LogP contribution is 2.44. The number of nitrogens with one attached hydrogen (secondary N) is 3. The van der Waals surface area contributed by atoms with Gasteiger partial charge in [0, 0.05) is 23.2 Å². The first-order valence-corrected chi connectivity index (χ1v) is 17.1. The van der Waals surface area contributed by atoms with E-state index in [1.165, 1.54) is 38.2 Å². The van der Waals surface area contributed by atoms with E-state index in [9.17, 15) is 0 Å². The molecule has 9 rings (SSSR count). The van der Waals surface area contributed by atoms with E-state index in [1.54, 1.807) is 0 Å². The van der Waals surface area contributed by atoms with Gasteiger partial charge in [-0.15, -0.1) is 5.10 Å². The Morgan fingerprint density at radius 3 is 1.82 bits per heavy atom. The number of benzene rings is 7. The number of aromatic nitrogens is 1. The fourth-order valence-electron chi connectivity index (χ4n) is 7.15. The summed E-state index contributed by atoms with van der Waals surface area (Å²) in [5, 5.41) is 18.0. The monoisotopic (exact) mass is 653 g/mol. The minimum Gasteiger partial charge on any atom is -0.294 e. The van der Waals surface area contributed by atoms with E-state index >= 15 is 0 Å². The number of hydrazine groups is 1. The molecule has 0 bridgehead atoms. The predicted octanol–water partition coefficient (Wildman–Crippen LogP) is 10.1. The zero-order valence-electron chi connectivity index (χ0n) is 27.8. The zero-order valence-corrected chi connectivity index (χ0v) is 27.8. The molecule has 8 aromatic rings. The van der Waals surface area contributed by atoms with Crippen LogP contribution in [0.15, 0.2) is 182 Å². The Hall–Kier alpha value is -6.91. The Morgan fingerprint density at radius 2 is 1.10 bits per heavy atom. The summed E-state index contributed by atoms with van der Waals surface area (Å²) in [5.74, 6) is 0. The third kappa shape index (κ3) is 5.69. The van der Waals surface area contributed by atoms with Crippen LogP contribution in [0.25, 0.3) is 71.4 Å². The standard InChI is InChI=1S/C47H32N4/c48-43-26-23-34(29-45(43)51-50-38-24-21-31(22-25-38)37-28-35-13-4-9-20-44(35)49-30-37)33-14-10-15-36(27-33)47-41-18-7-5-16-39(41)46(32-11-2-1-3-12-32)40-17-6-8-19-42(40)47/h1-30,48,50H/p+1. The molecule has 51 heavy (non-hydrogen) atoms. The summed E-state index contributed by atoms with van der Waals surface area (Å²) >= 11 is 0. The van der Waals surface area contributed by atoms with E-state index in [1.807, 2.05) is 54.8 Å². The summed E-state index contributed by atoms with van der Waals surface area (Å²) in [6.45, 7) is 0. The summed E-state index contributed by atoms with van der Waals surface area (Å²) in [6, 6.07) is 55.5. The van der Waals surface area contributed by atoms with Gasteiger partial charge in [0.1, 0.15) is 5.71 Å². The van der Waals surface area contributed by atoms with Crippen molar-refractivity contribution < 1.29 is 5.10 Å². The number of para-hydroxylation sites is 1. The smallest absolute Gasteiger partial charge is 0.252 e.